The van der Waals surface area contributed by atoms with Crippen molar-refractivity contribution in [3.05, 3.63) is 21.1 Å². The van der Waals surface area contributed by atoms with Crippen LogP contribution in [0.25, 0.3) is 0 Å². The first kappa shape index (κ1) is 10.8. The predicted octanol–water partition coefficient (Wildman–Crippen LogP) is 3.66. The lowest BCUT2D eigenvalue weighted by molar-refractivity contribution is 0.394. The normalized spacial score (nSPS) is 9.92. The molecule has 0 atom stereocenters. The smallest absolute Gasteiger partial charge is 0.142 e. The number of hydrogen-bond acceptors (Lipinski definition) is 2. The molecule has 0 unspecified atom stereocenters. The Hall–Kier alpha value is -0.310. The first-order chi connectivity index (χ1) is 6.11. The highest BCUT2D eigenvalue weighted by atomic mass is 35.5. The molecule has 2 nitrogen and oxygen atoms in total. The van der Waals surface area contributed by atoms with E-state index >= 15 is 0 Å². The third-order valence-electron chi connectivity index (χ3n) is 1.52. The van der Waals surface area contributed by atoms with Gasteiger partial charge in [0, 0.05) is 6.07 Å². The summed E-state index contributed by atoms with van der Waals surface area (Å²) in [4.78, 5) is 0. The quantitative estimate of drug-likeness (QED) is 0.736. The molecule has 1 rings (SSSR count). The van der Waals surface area contributed by atoms with Gasteiger partial charge in [-0.25, -0.2) is 0 Å². The molecule has 0 aromatic heterocycles. The maximum absolute atomic E-state index is 5.83. The number of ether oxygens (including phenoxy) is 2. The third kappa shape index (κ3) is 1.96. The minimum atomic E-state index is 0.236. The van der Waals surface area contributed by atoms with Gasteiger partial charge in [-0.2, -0.15) is 0 Å². The minimum Gasteiger partial charge on any atom is -0.495 e. The Bertz CT molecular complexity index is 297. The molecule has 0 amide bonds. The minimum absolute atomic E-state index is 0.236. The van der Waals surface area contributed by atoms with Gasteiger partial charge in [0.15, 0.2) is 0 Å². The van der Waals surface area contributed by atoms with Crippen LogP contribution in [0, 0.1) is 0 Å². The van der Waals surface area contributed by atoms with E-state index in [0.29, 0.717) is 11.5 Å². The summed E-state index contributed by atoms with van der Waals surface area (Å²) in [6.07, 6.45) is 0. The van der Waals surface area contributed by atoms with E-state index in [1.807, 2.05) is 0 Å². The summed E-state index contributed by atoms with van der Waals surface area (Å²) in [5.41, 5.74) is 0. The molecule has 13 heavy (non-hydrogen) atoms. The number of hydrogen-bond donors (Lipinski definition) is 0. The Labute approximate surface area is 91.3 Å². The molecule has 0 aliphatic carbocycles. The van der Waals surface area contributed by atoms with E-state index < -0.39 is 0 Å². The Morgan fingerprint density at radius 2 is 1.23 bits per heavy atom. The van der Waals surface area contributed by atoms with E-state index in [1.165, 1.54) is 14.2 Å². The molecular formula is C8H7Cl3O2. The summed E-state index contributed by atoms with van der Waals surface area (Å²) >= 11 is 17.5. The molecule has 0 bridgehead atoms. The van der Waals surface area contributed by atoms with Crippen molar-refractivity contribution in [3.8, 4) is 11.5 Å². The highest BCUT2D eigenvalue weighted by Gasteiger charge is 2.14. The first-order valence-electron chi connectivity index (χ1n) is 3.37. The van der Waals surface area contributed by atoms with Crippen molar-refractivity contribution in [2.24, 2.45) is 0 Å². The number of halogens is 3. The second kappa shape index (κ2) is 4.27. The van der Waals surface area contributed by atoms with Gasteiger partial charge in [-0.05, 0) is 0 Å². The summed E-state index contributed by atoms with van der Waals surface area (Å²) in [5.74, 6) is 0.876. The van der Waals surface area contributed by atoms with Crippen molar-refractivity contribution < 1.29 is 9.47 Å². The molecule has 1 aromatic carbocycles. The van der Waals surface area contributed by atoms with Crippen molar-refractivity contribution in [3.63, 3.8) is 0 Å². The fourth-order valence-electron chi connectivity index (χ4n) is 0.856. The molecule has 0 saturated carbocycles. The van der Waals surface area contributed by atoms with E-state index in [0.717, 1.165) is 0 Å². The Kier molecular flexibility index (Phi) is 3.54. The molecule has 0 fully saturated rings. The summed E-state index contributed by atoms with van der Waals surface area (Å²) < 4.78 is 9.94. The van der Waals surface area contributed by atoms with Gasteiger partial charge in [-0.3, -0.25) is 0 Å². The molecule has 0 spiro atoms. The molecule has 0 heterocycles. The molecule has 0 radical (unpaired) electrons. The van der Waals surface area contributed by atoms with Crippen LogP contribution in [0.4, 0.5) is 0 Å². The molecule has 5 heteroatoms. The van der Waals surface area contributed by atoms with Crippen LogP contribution in [0.5, 0.6) is 11.5 Å². The van der Waals surface area contributed by atoms with Gasteiger partial charge in [0.25, 0.3) is 0 Å². The van der Waals surface area contributed by atoms with Crippen LogP contribution < -0.4 is 9.47 Å². The zero-order valence-corrected chi connectivity index (χ0v) is 9.30. The standard InChI is InChI=1S/C8H7Cl3O2/c1-12-4-3-5(13-2)7(10)8(11)6(4)9/h3H,1-2H3. The largest absolute Gasteiger partial charge is 0.495 e. The second-order valence-corrected chi connectivity index (χ2v) is 3.36. The van der Waals surface area contributed by atoms with Crippen molar-refractivity contribution in [2.75, 3.05) is 14.2 Å². The van der Waals surface area contributed by atoms with Crippen LogP contribution in [0.2, 0.25) is 15.1 Å². The van der Waals surface area contributed by atoms with Crippen molar-refractivity contribution in [1.82, 2.24) is 0 Å². The summed E-state index contributed by atoms with van der Waals surface area (Å²) in [7, 11) is 2.98. The predicted molar refractivity (Wildman–Crippen MR) is 54.6 cm³/mol. The molecule has 1 aromatic rings. The van der Waals surface area contributed by atoms with Crippen molar-refractivity contribution in [2.45, 2.75) is 0 Å². The fraction of sp³-hybridized carbons (Fsp3) is 0.250. The van der Waals surface area contributed by atoms with Crippen LogP contribution >= 0.6 is 34.8 Å². The van der Waals surface area contributed by atoms with E-state index in [9.17, 15) is 0 Å². The van der Waals surface area contributed by atoms with Crippen LogP contribution in [-0.4, -0.2) is 14.2 Å². The zero-order valence-electron chi connectivity index (χ0n) is 7.03. The lowest BCUT2D eigenvalue weighted by Crippen LogP contribution is -1.90. The van der Waals surface area contributed by atoms with Gasteiger partial charge in [-0.1, -0.05) is 34.8 Å². The van der Waals surface area contributed by atoms with Gasteiger partial charge in [0.2, 0.25) is 0 Å². The Morgan fingerprint density at radius 1 is 0.846 bits per heavy atom. The Balaban J connectivity index is 3.36. The van der Waals surface area contributed by atoms with E-state index in [1.54, 1.807) is 6.07 Å². The highest BCUT2D eigenvalue weighted by Crippen LogP contribution is 2.43. The zero-order chi connectivity index (χ0) is 10.0. The topological polar surface area (TPSA) is 18.5 Å². The molecular weight excluding hydrogens is 234 g/mol. The van der Waals surface area contributed by atoms with Gasteiger partial charge in [0.1, 0.15) is 21.5 Å². The molecule has 0 N–H and O–H groups in total. The Morgan fingerprint density at radius 3 is 1.54 bits per heavy atom. The first-order valence-corrected chi connectivity index (χ1v) is 4.50. The SMILES string of the molecule is COc1cc(OC)c(Cl)c(Cl)c1Cl. The average Bonchev–Trinajstić information content (AvgIpc) is 2.15. The lowest BCUT2D eigenvalue weighted by atomic mass is 10.3. The highest BCUT2D eigenvalue weighted by molar-refractivity contribution is 6.49. The van der Waals surface area contributed by atoms with E-state index in [2.05, 4.69) is 0 Å². The maximum Gasteiger partial charge on any atom is 0.142 e. The van der Waals surface area contributed by atoms with E-state index in [-0.39, 0.29) is 15.1 Å². The number of rotatable bonds is 2. The van der Waals surface area contributed by atoms with Crippen molar-refractivity contribution in [1.29, 1.82) is 0 Å². The second-order valence-electron chi connectivity index (χ2n) is 2.22. The van der Waals surface area contributed by atoms with Crippen LogP contribution in [-0.2, 0) is 0 Å². The van der Waals surface area contributed by atoms with E-state index in [4.69, 9.17) is 44.3 Å². The molecule has 0 aliphatic rings. The maximum atomic E-state index is 5.83. The van der Waals surface area contributed by atoms with Crippen LogP contribution in [0.15, 0.2) is 6.07 Å². The lowest BCUT2D eigenvalue weighted by Gasteiger charge is -2.09. The van der Waals surface area contributed by atoms with Crippen molar-refractivity contribution >= 4 is 34.8 Å². The summed E-state index contributed by atoms with van der Waals surface area (Å²) in [6.45, 7) is 0. The molecule has 0 saturated heterocycles. The fourth-order valence-corrected chi connectivity index (χ4v) is 1.54. The van der Waals surface area contributed by atoms with Crippen LogP contribution in [0.1, 0.15) is 0 Å². The van der Waals surface area contributed by atoms with Gasteiger partial charge < -0.3 is 9.47 Å². The number of benzene rings is 1. The summed E-state index contributed by atoms with van der Waals surface area (Å²) in [5, 5.41) is 0.810. The number of methoxy groups -OCH3 is 2. The molecule has 0 aliphatic heterocycles. The third-order valence-corrected chi connectivity index (χ3v) is 2.84. The van der Waals surface area contributed by atoms with Gasteiger partial charge in [0.05, 0.1) is 19.2 Å². The molecule has 72 valence electrons. The monoisotopic (exact) mass is 240 g/mol. The summed E-state index contributed by atoms with van der Waals surface area (Å²) in [6, 6.07) is 1.58. The average molecular weight is 242 g/mol. The van der Waals surface area contributed by atoms with Crippen LogP contribution in [0.3, 0.4) is 0 Å². The van der Waals surface area contributed by atoms with Gasteiger partial charge in [-0.15, -0.1) is 0 Å². The van der Waals surface area contributed by atoms with Gasteiger partial charge >= 0.3 is 0 Å².